The lowest BCUT2D eigenvalue weighted by atomic mass is 9.73. The van der Waals surface area contributed by atoms with Crippen molar-refractivity contribution in [2.45, 2.75) is 75.7 Å². The van der Waals surface area contributed by atoms with E-state index in [0.29, 0.717) is 37.4 Å². The third-order valence-electron chi connectivity index (χ3n) is 10.5. The van der Waals surface area contributed by atoms with Gasteiger partial charge < -0.3 is 40.7 Å². The number of nitrogens with zero attached hydrogens (tertiary/aromatic N) is 1. The molecular weight excluding hydrogens is 789 g/mol. The summed E-state index contributed by atoms with van der Waals surface area (Å²) in [5.74, 6) is -8.02. The van der Waals surface area contributed by atoms with Gasteiger partial charge in [-0.15, -0.1) is 0 Å². The third kappa shape index (κ3) is 11.3. The van der Waals surface area contributed by atoms with Gasteiger partial charge in [0.2, 0.25) is 17.5 Å². The lowest BCUT2D eigenvalue weighted by Gasteiger charge is -2.34. The summed E-state index contributed by atoms with van der Waals surface area (Å²) >= 11 is 0. The van der Waals surface area contributed by atoms with E-state index in [0.717, 1.165) is 54.7 Å². The zero-order valence-corrected chi connectivity index (χ0v) is 33.8. The Labute approximate surface area is 352 Å². The Bertz CT molecular complexity index is 2070. The average Bonchev–Trinajstić information content (AvgIpc) is 3.74. The van der Waals surface area contributed by atoms with E-state index in [1.807, 2.05) is 60.7 Å². The van der Waals surface area contributed by atoms with Crippen LogP contribution in [0, 0.1) is 13.8 Å². The number of aryl methyl sites for hydroxylation is 2. The normalized spacial score (nSPS) is 19.2. The van der Waals surface area contributed by atoms with Crippen LogP contribution in [0.15, 0.2) is 109 Å². The molecule has 0 aliphatic carbocycles. The van der Waals surface area contributed by atoms with Gasteiger partial charge in [0.25, 0.3) is 11.2 Å². The van der Waals surface area contributed by atoms with Crippen molar-refractivity contribution in [3.05, 3.63) is 143 Å². The van der Waals surface area contributed by atoms with Crippen molar-refractivity contribution in [3.8, 4) is 0 Å². The molecule has 2 aliphatic heterocycles. The fourth-order valence-electron chi connectivity index (χ4n) is 6.81. The van der Waals surface area contributed by atoms with E-state index in [1.54, 1.807) is 18.7 Å². The van der Waals surface area contributed by atoms with Crippen molar-refractivity contribution in [1.82, 2.24) is 21.0 Å². The number of rotatable bonds is 15. The largest absolute Gasteiger partial charge is 0.479 e. The van der Waals surface area contributed by atoms with Crippen molar-refractivity contribution in [1.29, 1.82) is 0 Å². The Balaban J connectivity index is 0.000000234. The molecule has 4 aromatic carbocycles. The van der Waals surface area contributed by atoms with Crippen LogP contribution in [0.3, 0.4) is 0 Å². The highest BCUT2D eigenvalue weighted by Gasteiger charge is 2.70. The van der Waals surface area contributed by atoms with Crippen LogP contribution in [0.4, 0.5) is 4.79 Å². The molecule has 0 spiro atoms. The lowest BCUT2D eigenvalue weighted by molar-refractivity contribution is -0.187. The van der Waals surface area contributed by atoms with Crippen molar-refractivity contribution in [3.63, 3.8) is 0 Å². The van der Waals surface area contributed by atoms with E-state index >= 15 is 0 Å². The molecule has 16 nitrogen and oxygen atoms in total. The van der Waals surface area contributed by atoms with Crippen LogP contribution in [0.1, 0.15) is 62.2 Å². The number of hydroxylamine groups is 1. The number of ketones is 2. The Morgan fingerprint density at radius 2 is 1.16 bits per heavy atom. The molecule has 6 rings (SSSR count). The summed E-state index contributed by atoms with van der Waals surface area (Å²) in [4.78, 5) is 81.4. The number of carboxylic acids is 2. The second-order valence-electron chi connectivity index (χ2n) is 15.0. The molecule has 2 unspecified atom stereocenters. The molecule has 2 aliphatic rings. The number of piperidine rings is 1. The zero-order chi connectivity index (χ0) is 44.2. The van der Waals surface area contributed by atoms with Gasteiger partial charge >= 0.3 is 18.0 Å². The number of carbonyl (C=O) groups is 6. The van der Waals surface area contributed by atoms with Gasteiger partial charge in [0.15, 0.2) is 0 Å². The number of carbonyl (C=O) groups excluding carboxylic acids is 4. The molecule has 322 valence electrons. The smallest absolute Gasteiger partial charge is 0.410 e. The second kappa shape index (κ2) is 20.8. The highest BCUT2D eigenvalue weighted by molar-refractivity contribution is 6.28. The van der Waals surface area contributed by atoms with Gasteiger partial charge in [-0.2, -0.15) is 5.48 Å². The molecule has 4 aromatic rings. The quantitative estimate of drug-likeness (QED) is 0.0517. The number of ether oxygens (including phenoxy) is 1. The molecular formula is C45H50N4O12. The summed E-state index contributed by atoms with van der Waals surface area (Å²) in [7, 11) is 0. The number of Topliss-reactive ketones (excluding diaryl/α,β-unsaturated/α-hetero) is 2. The van der Waals surface area contributed by atoms with Crippen LogP contribution in [0.25, 0.3) is 0 Å². The number of aliphatic hydroxyl groups is 2. The molecule has 0 aromatic heterocycles. The molecule has 0 saturated carbocycles. The predicted molar refractivity (Wildman–Crippen MR) is 220 cm³/mol. The fraction of sp³-hybridized carbons (Fsp3) is 0.333. The minimum Gasteiger partial charge on any atom is -0.479 e. The van der Waals surface area contributed by atoms with Gasteiger partial charge in [-0.1, -0.05) is 120 Å². The minimum atomic E-state index is -3.96. The molecule has 2 fully saturated rings. The predicted octanol–water partition coefficient (Wildman–Crippen LogP) is 3.36. The Kier molecular flexibility index (Phi) is 15.6. The first-order valence-electron chi connectivity index (χ1n) is 19.7. The molecule has 0 radical (unpaired) electrons. The van der Waals surface area contributed by atoms with E-state index in [4.69, 9.17) is 9.57 Å². The summed E-state index contributed by atoms with van der Waals surface area (Å²) in [6.45, 7) is 5.86. The number of hydrogen-bond donors (Lipinski definition) is 7. The summed E-state index contributed by atoms with van der Waals surface area (Å²) in [5.41, 5.74) is -2.11. The van der Waals surface area contributed by atoms with Crippen LogP contribution < -0.4 is 16.1 Å². The van der Waals surface area contributed by atoms with Crippen molar-refractivity contribution < 1.29 is 58.8 Å². The first-order valence-corrected chi connectivity index (χ1v) is 19.7. The Morgan fingerprint density at radius 1 is 0.672 bits per heavy atom. The van der Waals surface area contributed by atoms with E-state index in [2.05, 4.69) is 16.1 Å². The SMILES string of the molecule is Cc1ccc(C(=O)C(O)(C(=O)O)C(O)(C(=O)O)C(=O)c2ccc(C)cc2)cc1.O=C(N[C@H]1CCN(C(=O)OCc2ccccc2)C1)[C@@H]1CC[C@@H](NOCc2ccccc2)CN1. The van der Waals surface area contributed by atoms with E-state index in [-0.39, 0.29) is 47.9 Å². The topological polar surface area (TPSA) is 241 Å². The highest BCUT2D eigenvalue weighted by Crippen LogP contribution is 2.32. The first-order chi connectivity index (χ1) is 29.1. The Morgan fingerprint density at radius 3 is 1.62 bits per heavy atom. The van der Waals surface area contributed by atoms with E-state index in [1.165, 1.54) is 24.3 Å². The maximum Gasteiger partial charge on any atom is 0.410 e. The monoisotopic (exact) mass is 838 g/mol. The van der Waals surface area contributed by atoms with Crippen molar-refractivity contribution in [2.75, 3.05) is 19.6 Å². The van der Waals surface area contributed by atoms with E-state index < -0.39 is 34.7 Å². The highest BCUT2D eigenvalue weighted by atomic mass is 16.6. The van der Waals surface area contributed by atoms with Gasteiger partial charge in [0.1, 0.15) is 6.61 Å². The number of amides is 2. The summed E-state index contributed by atoms with van der Waals surface area (Å²) in [6.07, 6.45) is 1.97. The van der Waals surface area contributed by atoms with Gasteiger partial charge in [-0.25, -0.2) is 14.4 Å². The number of carboxylic acid groups (broad SMARTS) is 2. The standard InChI is InChI=1S/C25H32N4O4.C20H18O8/c30-24(23-12-11-21(15-26-23)28-33-18-20-9-5-2-6-10-20)27-22-13-14-29(16-22)25(31)32-17-19-7-3-1-4-8-19;1-11-3-7-13(8-4-11)15(21)19(27,17(23)24)20(28,18(25)26)16(22)14-9-5-12(2)6-10-14/h1-10,21-23,26,28H,11-18H2,(H,27,30);3-10,27-28H,1-2H3,(H,23,24)(H,25,26)/t21-,22+,23+;/m1./s1. The lowest BCUT2D eigenvalue weighted by Crippen LogP contribution is -2.71. The second-order valence-corrected chi connectivity index (χ2v) is 15.0. The zero-order valence-electron chi connectivity index (χ0n) is 33.8. The summed E-state index contributed by atoms with van der Waals surface area (Å²) in [5, 5.41) is 46.7. The fourth-order valence-corrected chi connectivity index (χ4v) is 6.81. The number of likely N-dealkylation sites (tertiary alicyclic amines) is 1. The molecule has 2 heterocycles. The molecule has 2 saturated heterocycles. The molecule has 7 N–H and O–H groups in total. The van der Waals surface area contributed by atoms with Gasteiger partial charge in [-0.3, -0.25) is 19.2 Å². The van der Waals surface area contributed by atoms with Crippen molar-refractivity contribution >= 4 is 35.5 Å². The molecule has 5 atom stereocenters. The van der Waals surface area contributed by atoms with Crippen LogP contribution >= 0.6 is 0 Å². The average molecular weight is 839 g/mol. The summed E-state index contributed by atoms with van der Waals surface area (Å²) in [6, 6.07) is 29.8. The number of nitrogens with one attached hydrogen (secondary N) is 3. The molecule has 2 amide bonds. The first kappa shape index (κ1) is 45.8. The van der Waals surface area contributed by atoms with Gasteiger partial charge in [-0.05, 0) is 44.2 Å². The number of benzene rings is 4. The van der Waals surface area contributed by atoms with Crippen LogP contribution in [0.2, 0.25) is 0 Å². The third-order valence-corrected chi connectivity index (χ3v) is 10.5. The molecule has 16 heteroatoms. The van der Waals surface area contributed by atoms with Gasteiger partial charge in [0, 0.05) is 42.8 Å². The van der Waals surface area contributed by atoms with Crippen LogP contribution in [-0.4, -0.2) is 110 Å². The maximum absolute atomic E-state index is 12.8. The molecule has 0 bridgehead atoms. The number of hydrogen-bond acceptors (Lipinski definition) is 12. The number of aliphatic carboxylic acids is 2. The Hall–Kier alpha value is -6.30. The van der Waals surface area contributed by atoms with Crippen LogP contribution in [-0.2, 0) is 37.2 Å². The minimum absolute atomic E-state index is 0.0110. The summed E-state index contributed by atoms with van der Waals surface area (Å²) < 4.78 is 5.40. The van der Waals surface area contributed by atoms with Crippen LogP contribution in [0.5, 0.6) is 0 Å². The molecule has 61 heavy (non-hydrogen) atoms. The maximum atomic E-state index is 12.8. The van der Waals surface area contributed by atoms with Gasteiger partial charge in [0.05, 0.1) is 12.6 Å². The van der Waals surface area contributed by atoms with E-state index in [9.17, 15) is 49.2 Å². The van der Waals surface area contributed by atoms with Crippen molar-refractivity contribution in [2.24, 2.45) is 0 Å².